The maximum Gasteiger partial charge on any atom is 0.341 e. The Morgan fingerprint density at radius 1 is 1.00 bits per heavy atom. The molecule has 4 rings (SSSR count). The molecule has 1 aliphatic heterocycles. The average Bonchev–Trinajstić information content (AvgIpc) is 2.97. The van der Waals surface area contributed by atoms with E-state index < -0.39 is 10.9 Å². The number of nitrogens with zero attached hydrogens (tertiary/aromatic N) is 3. The first-order valence-electron chi connectivity index (χ1n) is 13.9. The molecule has 38 heavy (non-hydrogen) atoms. The third-order valence-corrected chi connectivity index (χ3v) is 7.14. The molecule has 0 unspecified atom stereocenters. The SMILES string of the molecule is O=C(NCCCCCNc1c(Nc2ccncc2)c(=O)c1=O)N(OCCN1CCOCC1)C1CCCCC1. The molecule has 2 heterocycles. The number of carbonyl (C=O) groups is 1. The molecule has 1 aromatic heterocycles. The molecule has 208 valence electrons. The lowest BCUT2D eigenvalue weighted by Gasteiger charge is -2.34. The minimum Gasteiger partial charge on any atom is -0.380 e. The highest BCUT2D eigenvalue weighted by Crippen LogP contribution is 2.23. The van der Waals surface area contributed by atoms with Crippen LogP contribution >= 0.6 is 0 Å². The van der Waals surface area contributed by atoms with Crippen LogP contribution in [-0.4, -0.2) is 79.6 Å². The summed E-state index contributed by atoms with van der Waals surface area (Å²) in [7, 11) is 0. The minimum absolute atomic E-state index is 0.128. The second kappa shape index (κ2) is 14.8. The van der Waals surface area contributed by atoms with Gasteiger partial charge in [0.2, 0.25) is 0 Å². The minimum atomic E-state index is -0.512. The molecule has 1 saturated heterocycles. The zero-order chi connectivity index (χ0) is 26.6. The Bertz CT molecular complexity index is 1060. The molecule has 0 bridgehead atoms. The van der Waals surface area contributed by atoms with Crippen LogP contribution in [0.1, 0.15) is 51.4 Å². The number of nitrogens with one attached hydrogen (secondary N) is 3. The van der Waals surface area contributed by atoms with E-state index in [2.05, 4.69) is 25.8 Å². The van der Waals surface area contributed by atoms with Gasteiger partial charge >= 0.3 is 6.03 Å². The molecule has 0 spiro atoms. The van der Waals surface area contributed by atoms with Gasteiger partial charge in [0.15, 0.2) is 0 Å². The van der Waals surface area contributed by atoms with Crippen molar-refractivity contribution in [1.82, 2.24) is 20.3 Å². The number of aromatic nitrogens is 1. The van der Waals surface area contributed by atoms with Crippen LogP contribution in [0.25, 0.3) is 0 Å². The maximum atomic E-state index is 13.0. The highest BCUT2D eigenvalue weighted by molar-refractivity contribution is 5.78. The second-order valence-corrected chi connectivity index (χ2v) is 9.89. The Morgan fingerprint density at radius 2 is 1.71 bits per heavy atom. The van der Waals surface area contributed by atoms with E-state index in [1.165, 1.54) is 6.42 Å². The number of ether oxygens (including phenoxy) is 1. The van der Waals surface area contributed by atoms with Gasteiger partial charge in [0.25, 0.3) is 10.9 Å². The van der Waals surface area contributed by atoms with E-state index in [4.69, 9.17) is 9.57 Å². The third kappa shape index (κ3) is 7.99. The monoisotopic (exact) mass is 528 g/mol. The Labute approximate surface area is 223 Å². The van der Waals surface area contributed by atoms with Crippen LogP contribution in [0, 0.1) is 0 Å². The molecule has 11 heteroatoms. The van der Waals surface area contributed by atoms with Gasteiger partial charge in [0, 0.05) is 50.8 Å². The van der Waals surface area contributed by atoms with Gasteiger partial charge < -0.3 is 20.7 Å². The number of hydrogen-bond acceptors (Lipinski definition) is 9. The van der Waals surface area contributed by atoms with Gasteiger partial charge in [0.05, 0.1) is 25.9 Å². The number of hydrogen-bond donors (Lipinski definition) is 3. The highest BCUT2D eigenvalue weighted by Gasteiger charge is 2.27. The Morgan fingerprint density at radius 3 is 2.47 bits per heavy atom. The predicted molar refractivity (Wildman–Crippen MR) is 147 cm³/mol. The molecule has 2 amide bonds. The molecule has 2 aromatic rings. The van der Waals surface area contributed by atoms with Gasteiger partial charge in [-0.1, -0.05) is 19.3 Å². The molecule has 1 aromatic carbocycles. The summed E-state index contributed by atoms with van der Waals surface area (Å²) in [5.74, 6) is 0. The lowest BCUT2D eigenvalue weighted by Crippen LogP contribution is -2.48. The number of morpholine rings is 1. The van der Waals surface area contributed by atoms with Crippen LogP contribution in [0.4, 0.5) is 21.9 Å². The van der Waals surface area contributed by atoms with Crippen LogP contribution < -0.4 is 26.8 Å². The summed E-state index contributed by atoms with van der Waals surface area (Å²) in [5, 5.41) is 10.7. The summed E-state index contributed by atoms with van der Waals surface area (Å²) in [6.07, 6.45) is 11.1. The van der Waals surface area contributed by atoms with Gasteiger partial charge in [-0.15, -0.1) is 0 Å². The summed E-state index contributed by atoms with van der Waals surface area (Å²) < 4.78 is 5.40. The first kappa shape index (κ1) is 28.0. The molecule has 1 saturated carbocycles. The summed E-state index contributed by atoms with van der Waals surface area (Å²) >= 11 is 0. The molecular weight excluding hydrogens is 488 g/mol. The van der Waals surface area contributed by atoms with Crippen molar-refractivity contribution < 1.29 is 14.4 Å². The van der Waals surface area contributed by atoms with Crippen LogP contribution in [0.15, 0.2) is 34.1 Å². The summed E-state index contributed by atoms with van der Waals surface area (Å²) in [6.45, 7) is 5.71. The van der Waals surface area contributed by atoms with E-state index in [-0.39, 0.29) is 12.1 Å². The van der Waals surface area contributed by atoms with E-state index in [1.807, 2.05) is 0 Å². The average molecular weight is 529 g/mol. The summed E-state index contributed by atoms with van der Waals surface area (Å²) in [6, 6.07) is 3.44. The second-order valence-electron chi connectivity index (χ2n) is 9.89. The number of hydroxylamine groups is 2. The highest BCUT2D eigenvalue weighted by atomic mass is 16.7. The number of amides is 2. The first-order chi connectivity index (χ1) is 18.6. The fourth-order valence-corrected chi connectivity index (χ4v) is 4.91. The Kier molecular flexibility index (Phi) is 10.9. The Hall–Kier alpha value is -3.02. The summed E-state index contributed by atoms with van der Waals surface area (Å²) in [5.41, 5.74) is 0.326. The molecular formula is C27H40N6O5. The molecule has 11 nitrogen and oxygen atoms in total. The fourth-order valence-electron chi connectivity index (χ4n) is 4.91. The van der Waals surface area contributed by atoms with Gasteiger partial charge in [-0.05, 0) is 44.2 Å². The number of rotatable bonds is 14. The van der Waals surface area contributed by atoms with Crippen LogP contribution in [0.3, 0.4) is 0 Å². The predicted octanol–water partition coefficient (Wildman–Crippen LogP) is 2.61. The molecule has 2 aliphatic rings. The van der Waals surface area contributed by atoms with Crippen molar-refractivity contribution >= 4 is 23.1 Å². The van der Waals surface area contributed by atoms with Crippen molar-refractivity contribution in [3.05, 3.63) is 45.0 Å². The molecule has 0 atom stereocenters. The maximum absolute atomic E-state index is 13.0. The number of pyridine rings is 1. The van der Waals surface area contributed by atoms with Crippen LogP contribution in [0.5, 0.6) is 0 Å². The number of unbranched alkanes of at least 4 members (excludes halogenated alkanes) is 2. The first-order valence-corrected chi connectivity index (χ1v) is 13.9. The zero-order valence-electron chi connectivity index (χ0n) is 22.1. The molecule has 1 aliphatic carbocycles. The lowest BCUT2D eigenvalue weighted by molar-refractivity contribution is -0.155. The van der Waals surface area contributed by atoms with E-state index in [1.54, 1.807) is 29.6 Å². The molecule has 0 radical (unpaired) electrons. The van der Waals surface area contributed by atoms with E-state index in [0.717, 1.165) is 77.8 Å². The fraction of sp³-hybridized carbons (Fsp3) is 0.630. The van der Waals surface area contributed by atoms with E-state index in [9.17, 15) is 14.4 Å². The quantitative estimate of drug-likeness (QED) is 0.193. The van der Waals surface area contributed by atoms with Crippen molar-refractivity contribution in [3.8, 4) is 0 Å². The normalized spacial score (nSPS) is 16.8. The Balaban J connectivity index is 1.14. The zero-order valence-corrected chi connectivity index (χ0v) is 22.1. The van der Waals surface area contributed by atoms with Gasteiger partial charge in [-0.3, -0.25) is 24.3 Å². The topological polar surface area (TPSA) is 125 Å². The largest absolute Gasteiger partial charge is 0.380 e. The van der Waals surface area contributed by atoms with Gasteiger partial charge in [-0.25, -0.2) is 9.86 Å². The smallest absolute Gasteiger partial charge is 0.341 e. The number of carbonyl (C=O) groups excluding carboxylic acids is 1. The summed E-state index contributed by atoms with van der Waals surface area (Å²) in [4.78, 5) is 49.1. The molecule has 3 N–H and O–H groups in total. The van der Waals surface area contributed by atoms with Crippen molar-refractivity contribution in [2.24, 2.45) is 0 Å². The van der Waals surface area contributed by atoms with Crippen molar-refractivity contribution in [3.63, 3.8) is 0 Å². The van der Waals surface area contributed by atoms with Crippen LogP contribution in [-0.2, 0) is 9.57 Å². The van der Waals surface area contributed by atoms with Gasteiger partial charge in [-0.2, -0.15) is 0 Å². The van der Waals surface area contributed by atoms with Crippen molar-refractivity contribution in [2.75, 3.05) is 63.2 Å². The van der Waals surface area contributed by atoms with Crippen molar-refractivity contribution in [1.29, 1.82) is 0 Å². The van der Waals surface area contributed by atoms with Crippen molar-refractivity contribution in [2.45, 2.75) is 57.4 Å². The van der Waals surface area contributed by atoms with Gasteiger partial charge in [0.1, 0.15) is 11.4 Å². The number of anilines is 3. The van der Waals surface area contributed by atoms with E-state index >= 15 is 0 Å². The molecule has 2 fully saturated rings. The lowest BCUT2D eigenvalue weighted by atomic mass is 9.95. The standard InChI is InChI=1S/C27H40N6O5/c34-25-23(24(26(25)35)31-21-9-13-28-14-10-21)29-11-5-2-6-12-30-27(36)33(22-7-3-1-4-8-22)38-20-17-32-15-18-37-19-16-32/h9-10,13-14,22,29H,1-8,11-12,15-20H2,(H,28,31)(H,30,36). The number of urea groups is 1. The van der Waals surface area contributed by atoms with E-state index in [0.29, 0.717) is 36.8 Å². The van der Waals surface area contributed by atoms with Crippen LogP contribution in [0.2, 0.25) is 0 Å². The third-order valence-electron chi connectivity index (χ3n) is 7.14.